The monoisotopic (exact) mass is 402 g/mol. The van der Waals surface area contributed by atoms with E-state index in [-0.39, 0.29) is 5.91 Å². The number of likely N-dealkylation sites (N-methyl/N-ethyl adjacent to an activating group) is 1. The summed E-state index contributed by atoms with van der Waals surface area (Å²) in [4.78, 5) is 13.5. The summed E-state index contributed by atoms with van der Waals surface area (Å²) in [6.07, 6.45) is 1.74. The van der Waals surface area contributed by atoms with Crippen LogP contribution in [0.15, 0.2) is 48.2 Å². The molecule has 2 aromatic carbocycles. The molecule has 0 aliphatic carbocycles. The summed E-state index contributed by atoms with van der Waals surface area (Å²) in [6.45, 7) is 2.78. The van der Waals surface area contributed by atoms with Crippen molar-refractivity contribution in [1.82, 2.24) is 10.2 Å². The van der Waals surface area contributed by atoms with E-state index in [0.717, 1.165) is 11.1 Å². The first-order valence-electron chi connectivity index (χ1n) is 8.42. The molecule has 1 aliphatic rings. The average Bonchev–Trinajstić information content (AvgIpc) is 2.88. The van der Waals surface area contributed by atoms with Gasteiger partial charge in [-0.15, -0.1) is 0 Å². The number of nitrogens with zero attached hydrogens (tertiary/aromatic N) is 1. The van der Waals surface area contributed by atoms with Gasteiger partial charge in [0.05, 0.1) is 6.61 Å². The molecule has 1 amide bonds. The van der Waals surface area contributed by atoms with Crippen molar-refractivity contribution in [2.24, 2.45) is 0 Å². The zero-order valence-electron chi connectivity index (χ0n) is 15.0. The number of benzene rings is 2. The van der Waals surface area contributed by atoms with Crippen LogP contribution in [0, 0.1) is 0 Å². The van der Waals surface area contributed by atoms with Crippen molar-refractivity contribution >= 4 is 40.9 Å². The Morgan fingerprint density at radius 2 is 2.00 bits per heavy atom. The van der Waals surface area contributed by atoms with Crippen LogP contribution in [0.2, 0.25) is 5.02 Å². The minimum atomic E-state index is -0.167. The predicted molar refractivity (Wildman–Crippen MR) is 110 cm³/mol. The van der Waals surface area contributed by atoms with Crippen molar-refractivity contribution in [1.29, 1.82) is 0 Å². The largest absolute Gasteiger partial charge is 0.490 e. The van der Waals surface area contributed by atoms with E-state index in [0.29, 0.717) is 40.5 Å². The lowest BCUT2D eigenvalue weighted by molar-refractivity contribution is -0.121. The molecule has 1 heterocycles. The molecule has 2 aromatic rings. The van der Waals surface area contributed by atoms with Gasteiger partial charge < -0.3 is 14.8 Å². The Hall–Kier alpha value is -2.57. The Labute approximate surface area is 168 Å². The summed E-state index contributed by atoms with van der Waals surface area (Å²) in [5.41, 5.74) is 2.20. The highest BCUT2D eigenvalue weighted by molar-refractivity contribution is 7.80. The highest BCUT2D eigenvalue weighted by Crippen LogP contribution is 2.30. The molecule has 27 heavy (non-hydrogen) atoms. The number of carbonyl (C=O) groups excluding carboxylic acids is 1. The van der Waals surface area contributed by atoms with Gasteiger partial charge in [-0.1, -0.05) is 29.8 Å². The SMILES string of the molecule is CCOc1cc(C=C2NC(=S)N(C)C2=O)ccc1OCc1cccc(Cl)c1. The van der Waals surface area contributed by atoms with Crippen molar-refractivity contribution < 1.29 is 14.3 Å². The number of carbonyl (C=O) groups is 1. The third-order valence-electron chi connectivity index (χ3n) is 3.94. The number of hydrogen-bond donors (Lipinski definition) is 1. The van der Waals surface area contributed by atoms with E-state index in [2.05, 4.69) is 5.32 Å². The molecule has 3 rings (SSSR count). The summed E-state index contributed by atoms with van der Waals surface area (Å²) in [6, 6.07) is 13.0. The van der Waals surface area contributed by atoms with Gasteiger partial charge >= 0.3 is 0 Å². The summed E-state index contributed by atoms with van der Waals surface area (Å²) < 4.78 is 11.6. The molecule has 0 saturated carbocycles. The molecule has 7 heteroatoms. The van der Waals surface area contributed by atoms with Gasteiger partial charge in [-0.3, -0.25) is 9.69 Å². The van der Waals surface area contributed by atoms with E-state index in [1.165, 1.54) is 4.90 Å². The number of nitrogens with one attached hydrogen (secondary N) is 1. The van der Waals surface area contributed by atoms with Crippen LogP contribution in [0.4, 0.5) is 0 Å². The molecular formula is C20H19ClN2O3S. The van der Waals surface area contributed by atoms with Crippen LogP contribution < -0.4 is 14.8 Å². The number of hydrogen-bond acceptors (Lipinski definition) is 4. The second-order valence-corrected chi connectivity index (χ2v) is 6.73. The smallest absolute Gasteiger partial charge is 0.276 e. The molecule has 1 saturated heterocycles. The lowest BCUT2D eigenvalue weighted by Gasteiger charge is -2.13. The molecule has 0 unspecified atom stereocenters. The second-order valence-electron chi connectivity index (χ2n) is 5.91. The Kier molecular flexibility index (Phi) is 5.98. The van der Waals surface area contributed by atoms with Gasteiger partial charge in [-0.25, -0.2) is 0 Å². The fourth-order valence-electron chi connectivity index (χ4n) is 2.58. The maximum atomic E-state index is 12.1. The fourth-order valence-corrected chi connectivity index (χ4v) is 2.99. The van der Waals surface area contributed by atoms with Crippen LogP contribution in [-0.2, 0) is 11.4 Å². The van der Waals surface area contributed by atoms with E-state index in [1.54, 1.807) is 13.1 Å². The normalized spacial score (nSPS) is 15.2. The maximum Gasteiger partial charge on any atom is 0.276 e. The Bertz CT molecular complexity index is 914. The van der Waals surface area contributed by atoms with Gasteiger partial charge in [0.15, 0.2) is 16.6 Å². The van der Waals surface area contributed by atoms with Crippen molar-refractivity contribution in [2.75, 3.05) is 13.7 Å². The molecule has 0 atom stereocenters. The first kappa shape index (κ1) is 19.2. The summed E-state index contributed by atoms with van der Waals surface area (Å²) >= 11 is 11.1. The molecule has 0 spiro atoms. The highest BCUT2D eigenvalue weighted by Gasteiger charge is 2.27. The second kappa shape index (κ2) is 8.41. The lowest BCUT2D eigenvalue weighted by Crippen LogP contribution is -2.25. The minimum Gasteiger partial charge on any atom is -0.490 e. The van der Waals surface area contributed by atoms with Crippen LogP contribution in [-0.4, -0.2) is 29.6 Å². The van der Waals surface area contributed by atoms with Crippen LogP contribution in [0.3, 0.4) is 0 Å². The maximum absolute atomic E-state index is 12.1. The van der Waals surface area contributed by atoms with Gasteiger partial charge in [-0.2, -0.15) is 0 Å². The van der Waals surface area contributed by atoms with Crippen LogP contribution in [0.25, 0.3) is 6.08 Å². The molecule has 0 aromatic heterocycles. The quantitative estimate of drug-likeness (QED) is 0.584. The van der Waals surface area contributed by atoms with Gasteiger partial charge in [0.2, 0.25) is 0 Å². The summed E-state index contributed by atoms with van der Waals surface area (Å²) in [5, 5.41) is 3.96. The molecule has 0 bridgehead atoms. The van der Waals surface area contributed by atoms with E-state index in [4.69, 9.17) is 33.3 Å². The van der Waals surface area contributed by atoms with Gasteiger partial charge in [0, 0.05) is 12.1 Å². The van der Waals surface area contributed by atoms with Crippen molar-refractivity contribution in [2.45, 2.75) is 13.5 Å². The fraction of sp³-hybridized carbons (Fsp3) is 0.200. The Balaban J connectivity index is 1.80. The van der Waals surface area contributed by atoms with E-state index in [1.807, 2.05) is 49.4 Å². The molecule has 1 aliphatic heterocycles. The topological polar surface area (TPSA) is 50.8 Å². The summed E-state index contributed by atoms with van der Waals surface area (Å²) in [7, 11) is 1.64. The molecule has 140 valence electrons. The third-order valence-corrected chi connectivity index (χ3v) is 4.55. The van der Waals surface area contributed by atoms with Crippen molar-refractivity contribution in [3.8, 4) is 11.5 Å². The molecular weight excluding hydrogens is 384 g/mol. The number of halogens is 1. The first-order chi connectivity index (χ1) is 13.0. The number of amides is 1. The average molecular weight is 403 g/mol. The van der Waals surface area contributed by atoms with E-state index < -0.39 is 0 Å². The minimum absolute atomic E-state index is 0.167. The standard InChI is InChI=1S/C20H19ClN2O3S/c1-3-25-18-11-13(10-16-19(24)23(2)20(27)22-16)7-8-17(18)26-12-14-5-4-6-15(21)9-14/h4-11H,3,12H2,1-2H3,(H,22,27). The molecule has 5 nitrogen and oxygen atoms in total. The number of thiocarbonyl (C=S) groups is 1. The van der Waals surface area contributed by atoms with E-state index in [9.17, 15) is 4.79 Å². The van der Waals surface area contributed by atoms with Crippen LogP contribution >= 0.6 is 23.8 Å². The van der Waals surface area contributed by atoms with E-state index >= 15 is 0 Å². The molecule has 1 fully saturated rings. The van der Waals surface area contributed by atoms with Crippen LogP contribution in [0.1, 0.15) is 18.1 Å². The van der Waals surface area contributed by atoms with Crippen molar-refractivity contribution in [3.05, 3.63) is 64.3 Å². The van der Waals surface area contributed by atoms with Crippen LogP contribution in [0.5, 0.6) is 11.5 Å². The number of rotatable bonds is 6. The highest BCUT2D eigenvalue weighted by atomic mass is 35.5. The molecule has 1 N–H and O–H groups in total. The van der Waals surface area contributed by atoms with Gasteiger partial charge in [0.25, 0.3) is 5.91 Å². The third kappa shape index (κ3) is 4.59. The zero-order chi connectivity index (χ0) is 19.4. The van der Waals surface area contributed by atoms with Gasteiger partial charge in [0.1, 0.15) is 12.3 Å². The van der Waals surface area contributed by atoms with Gasteiger partial charge in [-0.05, 0) is 60.6 Å². The lowest BCUT2D eigenvalue weighted by atomic mass is 10.1. The number of ether oxygens (including phenoxy) is 2. The molecule has 0 radical (unpaired) electrons. The Morgan fingerprint density at radius 3 is 2.67 bits per heavy atom. The zero-order valence-corrected chi connectivity index (χ0v) is 16.6. The van der Waals surface area contributed by atoms with Crippen molar-refractivity contribution in [3.63, 3.8) is 0 Å². The summed E-state index contributed by atoms with van der Waals surface area (Å²) in [5.74, 6) is 1.06. The Morgan fingerprint density at radius 1 is 1.19 bits per heavy atom. The predicted octanol–water partition coefficient (Wildman–Crippen LogP) is 4.01. The first-order valence-corrected chi connectivity index (χ1v) is 9.21.